The second kappa shape index (κ2) is 8.87. The highest BCUT2D eigenvalue weighted by atomic mass is 35.5. The summed E-state index contributed by atoms with van der Waals surface area (Å²) in [4.78, 5) is 50.0. The summed E-state index contributed by atoms with van der Waals surface area (Å²) in [5.41, 5.74) is 0.401. The number of carbonyl (C=O) groups is 4. The van der Waals surface area contributed by atoms with Crippen LogP contribution in [0, 0.1) is 0 Å². The van der Waals surface area contributed by atoms with Gasteiger partial charge in [0.05, 0.1) is 0 Å². The van der Waals surface area contributed by atoms with Crippen LogP contribution in [0.3, 0.4) is 0 Å². The van der Waals surface area contributed by atoms with Crippen molar-refractivity contribution in [3.05, 3.63) is 63.7 Å². The first-order chi connectivity index (χ1) is 16.0. The highest BCUT2D eigenvalue weighted by Gasteiger charge is 2.42. The summed E-state index contributed by atoms with van der Waals surface area (Å²) < 4.78 is 29.3. The van der Waals surface area contributed by atoms with Crippen LogP contribution < -0.4 is 16.1 Å². The van der Waals surface area contributed by atoms with Crippen molar-refractivity contribution in [2.75, 3.05) is 0 Å². The number of hydrogen-bond acceptors (Lipinski definition) is 4. The van der Waals surface area contributed by atoms with Crippen LogP contribution in [-0.4, -0.2) is 50.3 Å². The van der Waals surface area contributed by atoms with Crippen LogP contribution >= 0.6 is 11.6 Å². The van der Waals surface area contributed by atoms with E-state index < -0.39 is 41.2 Å². The van der Waals surface area contributed by atoms with Gasteiger partial charge < -0.3 is 10.2 Å². The van der Waals surface area contributed by atoms with Crippen molar-refractivity contribution < 1.29 is 28.0 Å². The normalized spacial score (nSPS) is 19.0. The zero-order valence-corrected chi connectivity index (χ0v) is 18.4. The van der Waals surface area contributed by atoms with E-state index in [4.69, 9.17) is 27.3 Å². The number of hydrogen-bond donors (Lipinski definition) is 2. The molecule has 4 radical (unpaired) electrons. The summed E-state index contributed by atoms with van der Waals surface area (Å²) in [5.74, 6) is -8.19. The Morgan fingerprint density at radius 1 is 1.21 bits per heavy atom. The minimum absolute atomic E-state index is 0.0785. The highest BCUT2D eigenvalue weighted by Crippen LogP contribution is 2.31. The molecule has 2 aliphatic rings. The van der Waals surface area contributed by atoms with Gasteiger partial charge in [0.25, 0.3) is 11.8 Å². The lowest BCUT2D eigenvalue weighted by molar-refractivity contribution is -0.147. The van der Waals surface area contributed by atoms with Gasteiger partial charge in [-0.2, -0.15) is 8.78 Å². The predicted octanol–water partition coefficient (Wildman–Crippen LogP) is 0.970. The second-order valence-corrected chi connectivity index (χ2v) is 8.49. The lowest BCUT2D eigenvalue weighted by Gasteiger charge is -2.29. The molecule has 12 heteroatoms. The van der Waals surface area contributed by atoms with Crippen molar-refractivity contribution in [1.82, 2.24) is 15.5 Å². The molecule has 4 rings (SSSR count). The van der Waals surface area contributed by atoms with Crippen LogP contribution in [0.5, 0.6) is 0 Å². The highest BCUT2D eigenvalue weighted by molar-refractivity contribution is 6.45. The van der Waals surface area contributed by atoms with E-state index in [-0.39, 0.29) is 41.3 Å². The third-order valence-corrected chi connectivity index (χ3v) is 6.18. The van der Waals surface area contributed by atoms with Gasteiger partial charge in [0, 0.05) is 35.1 Å². The van der Waals surface area contributed by atoms with E-state index in [1.54, 1.807) is 0 Å². The second-order valence-electron chi connectivity index (χ2n) is 8.08. The Labute approximate surface area is 201 Å². The van der Waals surface area contributed by atoms with Gasteiger partial charge in [-0.3, -0.25) is 24.5 Å². The molecule has 2 aromatic rings. The lowest BCUT2D eigenvalue weighted by Crippen LogP contribution is -2.52. The third-order valence-electron chi connectivity index (χ3n) is 5.84. The molecule has 4 amide bonds. The molecule has 2 aromatic carbocycles. The first-order valence-electron chi connectivity index (χ1n) is 10.3. The number of alkyl halides is 2. The van der Waals surface area contributed by atoms with E-state index >= 15 is 0 Å². The Hall–Kier alpha value is -3.20. The fraction of sp³-hybridized carbons (Fsp3) is 0.273. The summed E-state index contributed by atoms with van der Waals surface area (Å²) in [5, 5.41) is 4.37. The predicted molar refractivity (Wildman–Crippen MR) is 120 cm³/mol. The summed E-state index contributed by atoms with van der Waals surface area (Å²) in [6, 6.07) is 6.70. The minimum atomic E-state index is -3.92. The molecule has 0 saturated carbocycles. The van der Waals surface area contributed by atoms with Crippen LogP contribution in [0.4, 0.5) is 8.78 Å². The molecule has 0 aliphatic carbocycles. The molecule has 0 spiro atoms. The molecule has 2 unspecified atom stereocenters. The quantitative estimate of drug-likeness (QED) is 0.492. The number of rotatable bonds is 5. The third kappa shape index (κ3) is 4.32. The standard InChI is InChI=1S/C22H16B2ClF2N3O4/c23-14-8-12(2-4-15(14)25)22(26,27)21(34)29-18(24)10-1-3-13-11(7-10)9-30(20(13)33)16-5-6-17(31)28-19(16)32/h1-4,7-8,16,18H,5-6,9H2,(H,29,34)(H,28,31,32). The number of carbonyl (C=O) groups excluding carboxylic acids is 4. The summed E-state index contributed by atoms with van der Waals surface area (Å²) >= 11 is 5.75. The molecule has 170 valence electrons. The van der Waals surface area contributed by atoms with Gasteiger partial charge in [-0.25, -0.2) is 0 Å². The number of nitrogens with zero attached hydrogens (tertiary/aromatic N) is 1. The van der Waals surface area contributed by atoms with Crippen molar-refractivity contribution in [3.8, 4) is 0 Å². The van der Waals surface area contributed by atoms with E-state index in [2.05, 4.69) is 10.6 Å². The van der Waals surface area contributed by atoms with E-state index in [1.165, 1.54) is 29.2 Å². The average molecular weight is 481 g/mol. The molecular weight excluding hydrogens is 465 g/mol. The van der Waals surface area contributed by atoms with Crippen LogP contribution in [0.1, 0.15) is 45.8 Å². The van der Waals surface area contributed by atoms with Crippen LogP contribution in [-0.2, 0) is 26.9 Å². The van der Waals surface area contributed by atoms with E-state index in [1.807, 2.05) is 0 Å². The number of amides is 4. The first kappa shape index (κ1) is 23.9. The SMILES string of the molecule is [B]c1cc(C(F)(F)C(=O)NC([B])c2ccc3c(c2)CN(C2CCC(=O)NC2=O)C3=O)ccc1Cl. The smallest absolute Gasteiger partial charge is 0.349 e. The zero-order valence-electron chi connectivity index (χ0n) is 17.6. The number of halogens is 3. The molecule has 0 bridgehead atoms. The molecule has 1 saturated heterocycles. The van der Waals surface area contributed by atoms with E-state index in [0.29, 0.717) is 11.1 Å². The maximum absolute atomic E-state index is 14.7. The topological polar surface area (TPSA) is 95.6 Å². The number of nitrogens with one attached hydrogen (secondary N) is 2. The lowest BCUT2D eigenvalue weighted by atomic mass is 9.86. The number of benzene rings is 2. The summed E-state index contributed by atoms with van der Waals surface area (Å²) in [7, 11) is 11.5. The van der Waals surface area contributed by atoms with Gasteiger partial charge in [0.2, 0.25) is 11.8 Å². The molecule has 34 heavy (non-hydrogen) atoms. The first-order valence-corrected chi connectivity index (χ1v) is 10.6. The Bertz CT molecular complexity index is 1230. The van der Waals surface area contributed by atoms with Crippen molar-refractivity contribution >= 4 is 56.4 Å². The largest absolute Gasteiger partial charge is 0.352 e. The Morgan fingerprint density at radius 3 is 2.62 bits per heavy atom. The molecule has 2 atom stereocenters. The fourth-order valence-electron chi connectivity index (χ4n) is 3.97. The van der Waals surface area contributed by atoms with Crippen LogP contribution in [0.2, 0.25) is 5.02 Å². The molecule has 2 N–H and O–H groups in total. The molecule has 2 heterocycles. The fourth-order valence-corrected chi connectivity index (χ4v) is 4.09. The van der Waals surface area contributed by atoms with Crippen molar-refractivity contribution in [2.24, 2.45) is 0 Å². The Balaban J connectivity index is 1.49. The van der Waals surface area contributed by atoms with E-state index in [9.17, 15) is 28.0 Å². The van der Waals surface area contributed by atoms with Crippen molar-refractivity contribution in [2.45, 2.75) is 37.3 Å². The average Bonchev–Trinajstić information content (AvgIpc) is 3.11. The van der Waals surface area contributed by atoms with Crippen molar-refractivity contribution in [1.29, 1.82) is 0 Å². The Morgan fingerprint density at radius 2 is 1.94 bits per heavy atom. The van der Waals surface area contributed by atoms with Gasteiger partial charge >= 0.3 is 5.92 Å². The maximum Gasteiger partial charge on any atom is 0.349 e. The number of fused-ring (bicyclic) bond motifs is 1. The minimum Gasteiger partial charge on any atom is -0.352 e. The van der Waals surface area contributed by atoms with Gasteiger partial charge in [-0.15, -0.1) is 0 Å². The summed E-state index contributed by atoms with van der Waals surface area (Å²) in [6.45, 7) is 0.0785. The number of piperidine rings is 1. The van der Waals surface area contributed by atoms with Gasteiger partial charge in [-0.05, 0) is 29.7 Å². The molecule has 7 nitrogen and oxygen atoms in total. The van der Waals surface area contributed by atoms with Crippen molar-refractivity contribution in [3.63, 3.8) is 0 Å². The van der Waals surface area contributed by atoms with E-state index in [0.717, 1.165) is 12.1 Å². The van der Waals surface area contributed by atoms with Gasteiger partial charge in [0.1, 0.15) is 21.7 Å². The zero-order chi connectivity index (χ0) is 24.8. The number of imide groups is 1. The van der Waals surface area contributed by atoms with Gasteiger partial charge in [0.15, 0.2) is 0 Å². The monoisotopic (exact) mass is 481 g/mol. The Kier molecular flexibility index (Phi) is 6.24. The molecular formula is C22H16B2ClF2N3O4. The van der Waals surface area contributed by atoms with Crippen LogP contribution in [0.25, 0.3) is 0 Å². The van der Waals surface area contributed by atoms with Gasteiger partial charge in [-0.1, -0.05) is 41.3 Å². The summed E-state index contributed by atoms with van der Waals surface area (Å²) in [6.07, 6.45) is 0.323. The molecule has 0 aromatic heterocycles. The maximum atomic E-state index is 14.7. The van der Waals surface area contributed by atoms with Crippen LogP contribution in [0.15, 0.2) is 36.4 Å². The molecule has 2 aliphatic heterocycles. The molecule has 1 fully saturated rings.